The van der Waals surface area contributed by atoms with Crippen LogP contribution in [0.4, 0.5) is 4.39 Å². The quantitative estimate of drug-likeness (QED) is 0.783. The maximum atomic E-state index is 13.2. The number of terminal acetylenes is 1. The molecule has 0 aromatic heterocycles. The molecule has 0 heterocycles. The molecule has 1 saturated carbocycles. The van der Waals surface area contributed by atoms with Crippen LogP contribution in [0.2, 0.25) is 0 Å². The molecule has 0 N–H and O–H groups in total. The van der Waals surface area contributed by atoms with Crippen LogP contribution in [0.15, 0.2) is 22.7 Å². The first kappa shape index (κ1) is 13.1. The number of hydrogen-bond donors (Lipinski definition) is 0. The fourth-order valence-electron chi connectivity index (χ4n) is 1.77. The molecule has 1 amide bonds. The Labute approximate surface area is 114 Å². The third kappa shape index (κ3) is 3.11. The third-order valence-electron chi connectivity index (χ3n) is 2.90. The number of rotatable bonds is 4. The summed E-state index contributed by atoms with van der Waals surface area (Å²) >= 11 is 3.27. The van der Waals surface area contributed by atoms with Crippen molar-refractivity contribution < 1.29 is 9.18 Å². The van der Waals surface area contributed by atoms with Gasteiger partial charge in [0.05, 0.1) is 12.1 Å². The molecule has 4 heteroatoms. The Morgan fingerprint density at radius 3 is 2.89 bits per heavy atom. The van der Waals surface area contributed by atoms with E-state index in [0.717, 1.165) is 12.8 Å². The molecule has 1 aromatic rings. The van der Waals surface area contributed by atoms with E-state index in [1.54, 1.807) is 4.90 Å². The van der Waals surface area contributed by atoms with Crippen LogP contribution < -0.4 is 0 Å². The number of carbonyl (C=O) groups excluding carboxylic acids is 1. The van der Waals surface area contributed by atoms with Gasteiger partial charge in [-0.05, 0) is 52.9 Å². The standard InChI is InChI=1S/C14H13BrFNO/c1-2-7-17(9-10-3-4-10)14(18)12-8-11(16)5-6-13(12)15/h1,5-6,8,10H,3-4,7,9H2. The van der Waals surface area contributed by atoms with E-state index in [1.165, 1.54) is 18.2 Å². The van der Waals surface area contributed by atoms with Gasteiger partial charge in [-0.3, -0.25) is 4.79 Å². The van der Waals surface area contributed by atoms with E-state index in [1.807, 2.05) is 0 Å². The summed E-state index contributed by atoms with van der Waals surface area (Å²) in [6.45, 7) is 0.921. The van der Waals surface area contributed by atoms with Gasteiger partial charge >= 0.3 is 0 Å². The van der Waals surface area contributed by atoms with Crippen LogP contribution in [0.5, 0.6) is 0 Å². The molecule has 1 aromatic carbocycles. The van der Waals surface area contributed by atoms with E-state index in [-0.39, 0.29) is 12.5 Å². The van der Waals surface area contributed by atoms with Crippen molar-refractivity contribution in [1.82, 2.24) is 4.90 Å². The first-order chi connectivity index (χ1) is 8.61. The molecular formula is C14H13BrFNO. The van der Waals surface area contributed by atoms with Gasteiger partial charge in [-0.1, -0.05) is 5.92 Å². The number of hydrogen-bond acceptors (Lipinski definition) is 1. The minimum Gasteiger partial charge on any atom is -0.327 e. The van der Waals surface area contributed by atoms with E-state index in [9.17, 15) is 9.18 Å². The van der Waals surface area contributed by atoms with Gasteiger partial charge in [0.15, 0.2) is 0 Å². The summed E-state index contributed by atoms with van der Waals surface area (Å²) in [5, 5.41) is 0. The van der Waals surface area contributed by atoms with Crippen LogP contribution in [0.1, 0.15) is 23.2 Å². The average Bonchev–Trinajstić information content (AvgIpc) is 3.15. The molecular weight excluding hydrogens is 297 g/mol. The molecule has 0 saturated heterocycles. The number of halogens is 2. The number of carbonyl (C=O) groups is 1. The van der Waals surface area contributed by atoms with Crippen molar-refractivity contribution in [3.63, 3.8) is 0 Å². The van der Waals surface area contributed by atoms with Crippen molar-refractivity contribution in [2.45, 2.75) is 12.8 Å². The second-order valence-electron chi connectivity index (χ2n) is 4.46. The first-order valence-corrected chi connectivity index (χ1v) is 6.59. The topological polar surface area (TPSA) is 20.3 Å². The van der Waals surface area contributed by atoms with E-state index in [0.29, 0.717) is 22.5 Å². The molecule has 18 heavy (non-hydrogen) atoms. The van der Waals surface area contributed by atoms with Gasteiger partial charge in [0.25, 0.3) is 5.91 Å². The average molecular weight is 310 g/mol. The lowest BCUT2D eigenvalue weighted by Crippen LogP contribution is -2.33. The van der Waals surface area contributed by atoms with E-state index in [2.05, 4.69) is 21.9 Å². The fourth-order valence-corrected chi connectivity index (χ4v) is 2.19. The van der Waals surface area contributed by atoms with Gasteiger partial charge in [-0.2, -0.15) is 0 Å². The summed E-state index contributed by atoms with van der Waals surface area (Å²) in [7, 11) is 0. The van der Waals surface area contributed by atoms with Crippen LogP contribution in [-0.2, 0) is 0 Å². The zero-order chi connectivity index (χ0) is 13.1. The number of nitrogens with zero attached hydrogens (tertiary/aromatic N) is 1. The minimum atomic E-state index is -0.423. The largest absolute Gasteiger partial charge is 0.327 e. The lowest BCUT2D eigenvalue weighted by atomic mass is 10.2. The van der Waals surface area contributed by atoms with Crippen LogP contribution in [-0.4, -0.2) is 23.9 Å². The summed E-state index contributed by atoms with van der Waals surface area (Å²) in [6, 6.07) is 4.09. The zero-order valence-corrected chi connectivity index (χ0v) is 11.4. The molecule has 2 nitrogen and oxygen atoms in total. The lowest BCUT2D eigenvalue weighted by molar-refractivity contribution is 0.0768. The van der Waals surface area contributed by atoms with E-state index >= 15 is 0 Å². The molecule has 0 unspecified atom stereocenters. The van der Waals surface area contributed by atoms with Crippen LogP contribution in [0, 0.1) is 24.1 Å². The highest BCUT2D eigenvalue weighted by molar-refractivity contribution is 9.10. The summed E-state index contributed by atoms with van der Waals surface area (Å²) in [4.78, 5) is 13.9. The first-order valence-electron chi connectivity index (χ1n) is 5.79. The van der Waals surface area contributed by atoms with E-state index in [4.69, 9.17) is 6.42 Å². The van der Waals surface area contributed by atoms with Gasteiger partial charge in [0.1, 0.15) is 5.82 Å². The molecule has 0 spiro atoms. The van der Waals surface area contributed by atoms with Crippen molar-refractivity contribution in [2.75, 3.05) is 13.1 Å². The van der Waals surface area contributed by atoms with Crippen molar-refractivity contribution in [3.05, 3.63) is 34.1 Å². The lowest BCUT2D eigenvalue weighted by Gasteiger charge is -2.20. The summed E-state index contributed by atoms with van der Waals surface area (Å²) in [6.07, 6.45) is 7.55. The Morgan fingerprint density at radius 1 is 1.56 bits per heavy atom. The van der Waals surface area contributed by atoms with Gasteiger partial charge in [0, 0.05) is 11.0 Å². The maximum Gasteiger partial charge on any atom is 0.255 e. The van der Waals surface area contributed by atoms with E-state index < -0.39 is 5.82 Å². The van der Waals surface area contributed by atoms with Gasteiger partial charge in [-0.15, -0.1) is 6.42 Å². The molecule has 1 aliphatic rings. The Bertz CT molecular complexity index is 505. The maximum absolute atomic E-state index is 13.2. The summed E-state index contributed by atoms with van der Waals surface area (Å²) in [5.41, 5.74) is 0.325. The SMILES string of the molecule is C#CCN(CC1CC1)C(=O)c1cc(F)ccc1Br. The fraction of sp³-hybridized carbons (Fsp3) is 0.357. The Morgan fingerprint density at radius 2 is 2.28 bits per heavy atom. The predicted molar refractivity (Wildman–Crippen MR) is 71.6 cm³/mol. The highest BCUT2D eigenvalue weighted by atomic mass is 79.9. The second-order valence-corrected chi connectivity index (χ2v) is 5.31. The number of benzene rings is 1. The number of amides is 1. The zero-order valence-electron chi connectivity index (χ0n) is 9.83. The summed E-state index contributed by atoms with van der Waals surface area (Å²) in [5.74, 6) is 2.39. The highest BCUT2D eigenvalue weighted by Crippen LogP contribution is 2.30. The molecule has 0 atom stereocenters. The van der Waals surface area contributed by atoms with Crippen molar-refractivity contribution >= 4 is 21.8 Å². The Hall–Kier alpha value is -1.34. The molecule has 0 radical (unpaired) electrons. The normalized spacial score (nSPS) is 14.1. The van der Waals surface area contributed by atoms with Gasteiger partial charge in [0.2, 0.25) is 0 Å². The monoisotopic (exact) mass is 309 g/mol. The van der Waals surface area contributed by atoms with Crippen LogP contribution in [0.25, 0.3) is 0 Å². The van der Waals surface area contributed by atoms with Crippen molar-refractivity contribution in [3.8, 4) is 12.3 Å². The van der Waals surface area contributed by atoms with Gasteiger partial charge in [-0.25, -0.2) is 4.39 Å². The third-order valence-corrected chi connectivity index (χ3v) is 3.60. The minimum absolute atomic E-state index is 0.216. The molecule has 94 valence electrons. The molecule has 1 fully saturated rings. The Kier molecular flexibility index (Phi) is 4.03. The summed E-state index contributed by atoms with van der Waals surface area (Å²) < 4.78 is 13.8. The molecule has 0 bridgehead atoms. The Balaban J connectivity index is 2.20. The second kappa shape index (κ2) is 5.53. The predicted octanol–water partition coefficient (Wildman–Crippen LogP) is 3.07. The molecule has 2 rings (SSSR count). The molecule has 0 aliphatic heterocycles. The van der Waals surface area contributed by atoms with Crippen LogP contribution in [0.3, 0.4) is 0 Å². The van der Waals surface area contributed by atoms with Crippen molar-refractivity contribution in [1.29, 1.82) is 0 Å². The smallest absolute Gasteiger partial charge is 0.255 e. The van der Waals surface area contributed by atoms with Gasteiger partial charge < -0.3 is 4.90 Å². The van der Waals surface area contributed by atoms with Crippen molar-refractivity contribution in [2.24, 2.45) is 5.92 Å². The highest BCUT2D eigenvalue weighted by Gasteiger charge is 2.27. The molecule has 1 aliphatic carbocycles. The van der Waals surface area contributed by atoms with Crippen LogP contribution >= 0.6 is 15.9 Å².